The van der Waals surface area contributed by atoms with Crippen molar-refractivity contribution in [3.05, 3.63) is 75.2 Å². The van der Waals surface area contributed by atoms with Crippen LogP contribution in [0.2, 0.25) is 0 Å². The third-order valence-electron chi connectivity index (χ3n) is 5.45. The molecule has 0 aliphatic carbocycles. The van der Waals surface area contributed by atoms with E-state index in [1.165, 1.54) is 11.3 Å². The number of rotatable bonds is 4. The summed E-state index contributed by atoms with van der Waals surface area (Å²) in [6.07, 6.45) is 1.65. The summed E-state index contributed by atoms with van der Waals surface area (Å²) in [4.78, 5) is 27.2. The highest BCUT2D eigenvalue weighted by Crippen LogP contribution is 2.31. The lowest BCUT2D eigenvalue weighted by molar-refractivity contribution is 0.0712. The third-order valence-corrected chi connectivity index (χ3v) is 6.54. The lowest BCUT2D eigenvalue weighted by Gasteiger charge is -2.31. The second-order valence-electron chi connectivity index (χ2n) is 7.65. The van der Waals surface area contributed by atoms with Crippen LogP contribution in [0.4, 0.5) is 5.69 Å². The Morgan fingerprint density at radius 1 is 1.00 bits per heavy atom. The summed E-state index contributed by atoms with van der Waals surface area (Å²) in [7, 11) is 0. The van der Waals surface area contributed by atoms with Crippen LogP contribution in [0.1, 0.15) is 55.1 Å². The molecule has 1 N–H and O–H groups in total. The summed E-state index contributed by atoms with van der Waals surface area (Å²) < 4.78 is 0. The summed E-state index contributed by atoms with van der Waals surface area (Å²) in [6, 6.07) is 15.3. The molecule has 2 aromatic carbocycles. The molecule has 0 saturated carbocycles. The van der Waals surface area contributed by atoms with E-state index in [-0.39, 0.29) is 17.7 Å². The van der Waals surface area contributed by atoms with Crippen LogP contribution in [-0.2, 0) is 0 Å². The number of carbonyl (C=O) groups is 2. The quantitative estimate of drug-likeness (QED) is 0.678. The number of hydrogen-bond acceptors (Lipinski definition) is 5. The van der Waals surface area contributed by atoms with Crippen LogP contribution in [0, 0.1) is 13.8 Å². The Labute approximate surface area is 180 Å². The molecule has 30 heavy (non-hydrogen) atoms. The summed E-state index contributed by atoms with van der Waals surface area (Å²) in [5.41, 5.74) is 3.64. The first-order valence-corrected chi connectivity index (χ1v) is 10.9. The van der Waals surface area contributed by atoms with Crippen molar-refractivity contribution in [3.8, 4) is 0 Å². The van der Waals surface area contributed by atoms with Gasteiger partial charge < -0.3 is 10.2 Å². The number of aryl methyl sites for hydroxylation is 2. The van der Waals surface area contributed by atoms with Gasteiger partial charge in [-0.2, -0.15) is 0 Å². The Morgan fingerprint density at radius 2 is 1.70 bits per heavy atom. The van der Waals surface area contributed by atoms with E-state index in [0.29, 0.717) is 18.1 Å². The Hall–Kier alpha value is -3.06. The molecule has 3 aromatic rings. The molecule has 154 valence electrons. The highest BCUT2D eigenvalue weighted by molar-refractivity contribution is 7.13. The number of likely N-dealkylation sites (tertiary alicyclic amines) is 1. The van der Waals surface area contributed by atoms with E-state index in [1.807, 2.05) is 67.3 Å². The maximum absolute atomic E-state index is 12.8. The molecule has 0 spiro atoms. The number of amides is 2. The van der Waals surface area contributed by atoms with Crippen molar-refractivity contribution in [1.29, 1.82) is 0 Å². The summed E-state index contributed by atoms with van der Waals surface area (Å²) in [6.45, 7) is 5.33. The lowest BCUT2D eigenvalue weighted by atomic mass is 9.96. The van der Waals surface area contributed by atoms with Gasteiger partial charge in [0, 0.05) is 30.3 Å². The van der Waals surface area contributed by atoms with Gasteiger partial charge in [-0.05, 0) is 50.5 Å². The SMILES string of the molecule is Cc1ccc(NC(=O)c2nnc(C3CCN(C(=O)c4ccccc4C)CC3)s2)cc1. The van der Waals surface area contributed by atoms with Crippen molar-refractivity contribution in [2.24, 2.45) is 0 Å². The average Bonchev–Trinajstić information content (AvgIpc) is 3.26. The molecule has 6 nitrogen and oxygen atoms in total. The Kier molecular flexibility index (Phi) is 5.90. The maximum atomic E-state index is 12.8. The highest BCUT2D eigenvalue weighted by Gasteiger charge is 2.28. The second kappa shape index (κ2) is 8.75. The maximum Gasteiger partial charge on any atom is 0.286 e. The second-order valence-corrected chi connectivity index (χ2v) is 8.66. The summed E-state index contributed by atoms with van der Waals surface area (Å²) in [5.74, 6) is 0.0705. The standard InChI is InChI=1S/C23H24N4O2S/c1-15-7-9-18(10-8-15)24-20(28)22-26-25-21(30-22)17-11-13-27(14-12-17)23(29)19-6-4-3-5-16(19)2/h3-10,17H,11-14H2,1-2H3,(H,24,28). The van der Waals surface area contributed by atoms with E-state index in [0.717, 1.165) is 40.2 Å². The number of aromatic nitrogens is 2. The molecule has 0 atom stereocenters. The zero-order chi connectivity index (χ0) is 21.1. The van der Waals surface area contributed by atoms with Crippen LogP contribution in [0.3, 0.4) is 0 Å². The Bertz CT molecular complexity index is 1050. The van der Waals surface area contributed by atoms with Crippen molar-refractivity contribution >= 4 is 28.8 Å². The number of anilines is 1. The normalized spacial score (nSPS) is 14.5. The number of nitrogens with zero attached hydrogens (tertiary/aromatic N) is 3. The topological polar surface area (TPSA) is 75.2 Å². The van der Waals surface area contributed by atoms with Gasteiger partial charge in [-0.1, -0.05) is 47.2 Å². The van der Waals surface area contributed by atoms with Crippen molar-refractivity contribution in [1.82, 2.24) is 15.1 Å². The van der Waals surface area contributed by atoms with Crippen molar-refractivity contribution in [2.75, 3.05) is 18.4 Å². The third kappa shape index (κ3) is 4.41. The van der Waals surface area contributed by atoms with E-state index in [1.54, 1.807) is 0 Å². The molecule has 2 amide bonds. The molecule has 0 radical (unpaired) electrons. The van der Waals surface area contributed by atoms with E-state index in [2.05, 4.69) is 15.5 Å². The van der Waals surface area contributed by atoms with Gasteiger partial charge in [0.05, 0.1) is 0 Å². The molecule has 7 heteroatoms. The first kappa shape index (κ1) is 20.2. The predicted octanol–water partition coefficient (Wildman–Crippen LogP) is 4.43. The van der Waals surface area contributed by atoms with Gasteiger partial charge >= 0.3 is 0 Å². The zero-order valence-electron chi connectivity index (χ0n) is 17.1. The minimum absolute atomic E-state index is 0.0852. The largest absolute Gasteiger partial charge is 0.339 e. The lowest BCUT2D eigenvalue weighted by Crippen LogP contribution is -2.38. The van der Waals surface area contributed by atoms with Crippen LogP contribution in [-0.4, -0.2) is 40.0 Å². The molecule has 0 bridgehead atoms. The van der Waals surface area contributed by atoms with Gasteiger partial charge in [0.25, 0.3) is 11.8 Å². The van der Waals surface area contributed by atoms with Crippen LogP contribution >= 0.6 is 11.3 Å². The molecule has 2 heterocycles. The molecule has 4 rings (SSSR count). The Morgan fingerprint density at radius 3 is 2.40 bits per heavy atom. The van der Waals surface area contributed by atoms with E-state index in [9.17, 15) is 9.59 Å². The minimum Gasteiger partial charge on any atom is -0.339 e. The van der Waals surface area contributed by atoms with Crippen LogP contribution in [0.25, 0.3) is 0 Å². The smallest absolute Gasteiger partial charge is 0.286 e. The van der Waals surface area contributed by atoms with E-state index in [4.69, 9.17) is 0 Å². The van der Waals surface area contributed by atoms with Gasteiger partial charge in [0.15, 0.2) is 0 Å². The van der Waals surface area contributed by atoms with Gasteiger partial charge in [0.1, 0.15) is 5.01 Å². The predicted molar refractivity (Wildman–Crippen MR) is 118 cm³/mol. The fourth-order valence-electron chi connectivity index (χ4n) is 3.63. The Balaban J connectivity index is 1.36. The van der Waals surface area contributed by atoms with Crippen LogP contribution in [0.15, 0.2) is 48.5 Å². The van der Waals surface area contributed by atoms with Crippen molar-refractivity contribution in [2.45, 2.75) is 32.6 Å². The van der Waals surface area contributed by atoms with Crippen molar-refractivity contribution in [3.63, 3.8) is 0 Å². The fraction of sp³-hybridized carbons (Fsp3) is 0.304. The van der Waals surface area contributed by atoms with Crippen LogP contribution < -0.4 is 5.32 Å². The zero-order valence-corrected chi connectivity index (χ0v) is 17.9. The monoisotopic (exact) mass is 420 g/mol. The average molecular weight is 421 g/mol. The number of benzene rings is 2. The van der Waals surface area contributed by atoms with Gasteiger partial charge in [-0.15, -0.1) is 10.2 Å². The number of nitrogens with one attached hydrogen (secondary N) is 1. The van der Waals surface area contributed by atoms with Gasteiger partial charge in [-0.25, -0.2) is 0 Å². The number of hydrogen-bond donors (Lipinski definition) is 1. The van der Waals surface area contributed by atoms with Crippen LogP contribution in [0.5, 0.6) is 0 Å². The number of piperidine rings is 1. The molecule has 1 aliphatic heterocycles. The minimum atomic E-state index is -0.241. The van der Waals surface area contributed by atoms with Crippen molar-refractivity contribution < 1.29 is 9.59 Å². The van der Waals surface area contributed by atoms with E-state index >= 15 is 0 Å². The first-order valence-electron chi connectivity index (χ1n) is 10.1. The van der Waals surface area contributed by atoms with Gasteiger partial charge in [-0.3, -0.25) is 9.59 Å². The molecule has 1 saturated heterocycles. The molecule has 1 aromatic heterocycles. The fourth-order valence-corrected chi connectivity index (χ4v) is 4.53. The summed E-state index contributed by atoms with van der Waals surface area (Å²) in [5, 5.41) is 12.5. The molecule has 0 unspecified atom stereocenters. The molecule has 1 fully saturated rings. The molecular formula is C23H24N4O2S. The van der Waals surface area contributed by atoms with E-state index < -0.39 is 0 Å². The highest BCUT2D eigenvalue weighted by atomic mass is 32.1. The summed E-state index contributed by atoms with van der Waals surface area (Å²) >= 11 is 1.34. The molecular weight excluding hydrogens is 396 g/mol. The van der Waals surface area contributed by atoms with Gasteiger partial charge in [0.2, 0.25) is 5.01 Å². The number of carbonyl (C=O) groups excluding carboxylic acids is 2. The molecule has 1 aliphatic rings. The first-order chi connectivity index (χ1) is 14.5.